The predicted octanol–water partition coefficient (Wildman–Crippen LogP) is 3.03. The SMILES string of the molecule is CO[C@H](C)c1ccc(-c2cc(N3CCCC3)nc(N)n2)cc1. The molecule has 0 bridgehead atoms. The molecule has 0 radical (unpaired) electrons. The minimum atomic E-state index is 0.0877. The van der Waals surface area contributed by atoms with Gasteiger partial charge in [0.2, 0.25) is 5.95 Å². The van der Waals surface area contributed by atoms with Gasteiger partial charge >= 0.3 is 0 Å². The summed E-state index contributed by atoms with van der Waals surface area (Å²) in [6, 6.07) is 10.3. The van der Waals surface area contributed by atoms with Crippen LogP contribution in [0.3, 0.4) is 0 Å². The van der Waals surface area contributed by atoms with Gasteiger partial charge in [-0.05, 0) is 25.3 Å². The maximum atomic E-state index is 5.90. The Morgan fingerprint density at radius 3 is 2.45 bits per heavy atom. The number of ether oxygens (including phenoxy) is 1. The van der Waals surface area contributed by atoms with Crippen molar-refractivity contribution in [3.05, 3.63) is 35.9 Å². The molecule has 0 spiro atoms. The molecule has 116 valence electrons. The van der Waals surface area contributed by atoms with Crippen molar-refractivity contribution in [3.8, 4) is 11.3 Å². The molecular formula is C17H22N4O. The largest absolute Gasteiger partial charge is 0.377 e. The van der Waals surface area contributed by atoms with Crippen LogP contribution in [-0.2, 0) is 4.74 Å². The summed E-state index contributed by atoms with van der Waals surface area (Å²) >= 11 is 0. The summed E-state index contributed by atoms with van der Waals surface area (Å²) in [6.07, 6.45) is 2.51. The van der Waals surface area contributed by atoms with Crippen LogP contribution in [0.25, 0.3) is 11.3 Å². The number of nitrogens with zero attached hydrogens (tertiary/aromatic N) is 3. The quantitative estimate of drug-likeness (QED) is 0.940. The minimum absolute atomic E-state index is 0.0877. The molecule has 1 aliphatic rings. The van der Waals surface area contributed by atoms with Crippen LogP contribution in [0.5, 0.6) is 0 Å². The second kappa shape index (κ2) is 6.32. The van der Waals surface area contributed by atoms with Crippen LogP contribution in [0.2, 0.25) is 0 Å². The van der Waals surface area contributed by atoms with E-state index in [1.807, 2.05) is 13.0 Å². The average Bonchev–Trinajstić information content (AvgIpc) is 3.08. The molecule has 3 rings (SSSR count). The van der Waals surface area contributed by atoms with Gasteiger partial charge in [-0.1, -0.05) is 24.3 Å². The minimum Gasteiger partial charge on any atom is -0.377 e. The van der Waals surface area contributed by atoms with Crippen LogP contribution in [0, 0.1) is 0 Å². The lowest BCUT2D eigenvalue weighted by Crippen LogP contribution is -2.19. The molecule has 1 fully saturated rings. The van der Waals surface area contributed by atoms with E-state index in [0.29, 0.717) is 5.95 Å². The summed E-state index contributed by atoms with van der Waals surface area (Å²) in [7, 11) is 1.71. The van der Waals surface area contributed by atoms with Crippen LogP contribution in [0.15, 0.2) is 30.3 Å². The summed E-state index contributed by atoms with van der Waals surface area (Å²) in [5.41, 5.74) is 8.95. The molecule has 5 heteroatoms. The highest BCUT2D eigenvalue weighted by atomic mass is 16.5. The van der Waals surface area contributed by atoms with E-state index in [2.05, 4.69) is 39.1 Å². The zero-order valence-corrected chi connectivity index (χ0v) is 13.1. The van der Waals surface area contributed by atoms with Crippen LogP contribution in [-0.4, -0.2) is 30.2 Å². The topological polar surface area (TPSA) is 64.3 Å². The standard InChI is InChI=1S/C17H22N4O/c1-12(22-2)13-5-7-14(8-6-13)15-11-16(20-17(18)19-15)21-9-3-4-10-21/h5-8,11-12H,3-4,9-10H2,1-2H3,(H2,18,19,20)/t12-/m1/s1. The van der Waals surface area contributed by atoms with Crippen molar-refractivity contribution < 1.29 is 4.74 Å². The Morgan fingerprint density at radius 2 is 1.82 bits per heavy atom. The molecule has 22 heavy (non-hydrogen) atoms. The third-order valence-electron chi connectivity index (χ3n) is 4.19. The van der Waals surface area contributed by atoms with E-state index in [1.165, 1.54) is 12.8 Å². The van der Waals surface area contributed by atoms with Gasteiger partial charge in [-0.3, -0.25) is 0 Å². The first-order valence-electron chi connectivity index (χ1n) is 7.70. The van der Waals surface area contributed by atoms with Crippen molar-refractivity contribution in [2.45, 2.75) is 25.9 Å². The van der Waals surface area contributed by atoms with Crippen LogP contribution in [0.4, 0.5) is 11.8 Å². The van der Waals surface area contributed by atoms with Gasteiger partial charge < -0.3 is 15.4 Å². The highest BCUT2D eigenvalue weighted by molar-refractivity contribution is 5.65. The summed E-state index contributed by atoms with van der Waals surface area (Å²) in [5.74, 6) is 1.25. The molecule has 1 aromatic heterocycles. The Balaban J connectivity index is 1.90. The lowest BCUT2D eigenvalue weighted by molar-refractivity contribution is 0.119. The average molecular weight is 298 g/mol. The smallest absolute Gasteiger partial charge is 0.222 e. The summed E-state index contributed by atoms with van der Waals surface area (Å²) in [5, 5.41) is 0. The number of nitrogens with two attached hydrogens (primary N) is 1. The number of aromatic nitrogens is 2. The first-order valence-corrected chi connectivity index (χ1v) is 7.70. The van der Waals surface area contributed by atoms with Gasteiger partial charge in [-0.2, -0.15) is 4.98 Å². The molecule has 0 saturated carbocycles. The van der Waals surface area contributed by atoms with Crippen LogP contribution >= 0.6 is 0 Å². The van der Waals surface area contributed by atoms with Gasteiger partial charge in [0.05, 0.1) is 11.8 Å². The Labute approximate surface area is 131 Å². The van der Waals surface area contributed by atoms with Crippen molar-refractivity contribution in [2.75, 3.05) is 30.8 Å². The molecule has 1 atom stereocenters. The predicted molar refractivity (Wildman–Crippen MR) is 88.8 cm³/mol. The zero-order valence-electron chi connectivity index (χ0n) is 13.1. The number of hydrogen-bond donors (Lipinski definition) is 1. The molecule has 0 unspecified atom stereocenters. The van der Waals surface area contributed by atoms with Crippen molar-refractivity contribution in [1.29, 1.82) is 0 Å². The van der Waals surface area contributed by atoms with Crippen molar-refractivity contribution in [1.82, 2.24) is 9.97 Å². The van der Waals surface area contributed by atoms with Gasteiger partial charge in [0, 0.05) is 31.8 Å². The maximum absolute atomic E-state index is 5.90. The van der Waals surface area contributed by atoms with E-state index in [1.54, 1.807) is 7.11 Å². The fourth-order valence-electron chi connectivity index (χ4n) is 2.77. The van der Waals surface area contributed by atoms with Crippen LogP contribution < -0.4 is 10.6 Å². The molecule has 1 saturated heterocycles. The van der Waals surface area contributed by atoms with Crippen LogP contribution in [0.1, 0.15) is 31.4 Å². The van der Waals surface area contributed by atoms with Gasteiger partial charge in [-0.25, -0.2) is 4.98 Å². The van der Waals surface area contributed by atoms with Crippen molar-refractivity contribution >= 4 is 11.8 Å². The molecule has 0 amide bonds. The monoisotopic (exact) mass is 298 g/mol. The molecule has 2 heterocycles. The Kier molecular flexibility index (Phi) is 4.24. The molecule has 1 aromatic carbocycles. The Hall–Kier alpha value is -2.14. The number of rotatable bonds is 4. The summed E-state index contributed by atoms with van der Waals surface area (Å²) < 4.78 is 5.34. The zero-order chi connectivity index (χ0) is 15.5. The molecule has 5 nitrogen and oxygen atoms in total. The maximum Gasteiger partial charge on any atom is 0.222 e. The van der Waals surface area contributed by atoms with Gasteiger partial charge in [0.25, 0.3) is 0 Å². The number of methoxy groups -OCH3 is 1. The van der Waals surface area contributed by atoms with Crippen molar-refractivity contribution in [3.63, 3.8) is 0 Å². The second-order valence-corrected chi connectivity index (χ2v) is 5.66. The van der Waals surface area contributed by atoms with Crippen molar-refractivity contribution in [2.24, 2.45) is 0 Å². The third-order valence-corrected chi connectivity index (χ3v) is 4.19. The summed E-state index contributed by atoms with van der Waals surface area (Å²) in [4.78, 5) is 11.0. The third kappa shape index (κ3) is 3.04. The molecule has 1 aliphatic heterocycles. The first-order chi connectivity index (χ1) is 10.7. The number of nitrogen functional groups attached to an aromatic ring is 1. The Bertz CT molecular complexity index is 636. The highest BCUT2D eigenvalue weighted by Crippen LogP contribution is 2.26. The van der Waals surface area contributed by atoms with E-state index >= 15 is 0 Å². The molecule has 0 aliphatic carbocycles. The number of anilines is 2. The van der Waals surface area contributed by atoms with E-state index in [4.69, 9.17) is 10.5 Å². The lowest BCUT2D eigenvalue weighted by atomic mass is 10.1. The van der Waals surface area contributed by atoms with Gasteiger partial charge in [0.15, 0.2) is 0 Å². The molecule has 2 aromatic rings. The van der Waals surface area contributed by atoms with Gasteiger partial charge in [0.1, 0.15) is 5.82 Å². The first kappa shape index (κ1) is 14.8. The number of hydrogen-bond acceptors (Lipinski definition) is 5. The van der Waals surface area contributed by atoms with E-state index in [9.17, 15) is 0 Å². The molecule has 2 N–H and O–H groups in total. The van der Waals surface area contributed by atoms with Gasteiger partial charge in [-0.15, -0.1) is 0 Å². The fraction of sp³-hybridized carbons (Fsp3) is 0.412. The van der Waals surface area contributed by atoms with E-state index in [-0.39, 0.29) is 6.10 Å². The summed E-state index contributed by atoms with van der Waals surface area (Å²) in [6.45, 7) is 4.11. The normalized spacial score (nSPS) is 16.0. The number of benzene rings is 1. The van der Waals surface area contributed by atoms with E-state index < -0.39 is 0 Å². The van der Waals surface area contributed by atoms with E-state index in [0.717, 1.165) is 35.7 Å². The highest BCUT2D eigenvalue weighted by Gasteiger charge is 2.16. The second-order valence-electron chi connectivity index (χ2n) is 5.66. The lowest BCUT2D eigenvalue weighted by Gasteiger charge is -2.17. The fourth-order valence-corrected chi connectivity index (χ4v) is 2.77. The Morgan fingerprint density at radius 1 is 1.14 bits per heavy atom. The molecular weight excluding hydrogens is 276 g/mol.